The van der Waals surface area contributed by atoms with E-state index >= 15 is 0 Å². The maximum atomic E-state index is 13.1. The SMILES string of the molecule is CCC(C)CCCCCCCCC(=O)OC[C@H](COP(=O)(O)OC[C@H](O)COP(=O)(O)OC[C@@H](COC(=O)CCCCCCCCCCCCCCCCCCC(C)C)OC(=O)CCCCCCCCCCCCCCCCC(C)C)OC(=O)CCCCCCCCCCCCCCCC(C)C. The van der Waals surface area contributed by atoms with Crippen molar-refractivity contribution < 1.29 is 80.2 Å². The summed E-state index contributed by atoms with van der Waals surface area (Å²) in [7, 11) is -9.93. The summed E-state index contributed by atoms with van der Waals surface area (Å²) in [5.41, 5.74) is 0. The van der Waals surface area contributed by atoms with Crippen molar-refractivity contribution in [3.05, 3.63) is 0 Å². The summed E-state index contributed by atoms with van der Waals surface area (Å²) in [4.78, 5) is 73.1. The number of rotatable bonds is 80. The molecule has 0 aromatic carbocycles. The standard InChI is InChI=1S/C83H162O17P2/c1-9-76(8)62-54-46-41-42-48-56-64-81(86)94-70-79(100-83(88)66-58-50-40-34-28-22-16-19-25-31-37-45-53-61-75(6)7)72-98-102(91,92)96-68-77(84)67-95-101(89,90)97-71-78(99-82(87)65-57-49-39-33-27-21-15-14-18-24-30-36-44-52-60-74(4)5)69-93-80(85)63-55-47-38-32-26-20-13-11-10-12-17-23-29-35-43-51-59-73(2)3/h73-79,84H,9-72H2,1-8H3,(H,89,90)(H,91,92)/t76?,77-,78-,79-/m1/s1. The zero-order valence-electron chi connectivity index (χ0n) is 67.2. The molecule has 17 nitrogen and oxygen atoms in total. The number of esters is 4. The van der Waals surface area contributed by atoms with E-state index in [-0.39, 0.29) is 25.7 Å². The van der Waals surface area contributed by atoms with Crippen molar-refractivity contribution >= 4 is 39.5 Å². The maximum Gasteiger partial charge on any atom is 0.472 e. The molecule has 3 unspecified atom stereocenters. The number of phosphoric ester groups is 2. The van der Waals surface area contributed by atoms with Crippen LogP contribution in [0.15, 0.2) is 0 Å². The molecule has 0 saturated carbocycles. The van der Waals surface area contributed by atoms with Gasteiger partial charge in [-0.2, -0.15) is 0 Å². The Labute approximate surface area is 626 Å². The van der Waals surface area contributed by atoms with Crippen molar-refractivity contribution in [2.75, 3.05) is 39.6 Å². The highest BCUT2D eigenvalue weighted by Gasteiger charge is 2.30. The van der Waals surface area contributed by atoms with Gasteiger partial charge < -0.3 is 33.8 Å². The summed E-state index contributed by atoms with van der Waals surface area (Å²) < 4.78 is 68.8. The third-order valence-corrected chi connectivity index (χ3v) is 21.6. The Morgan fingerprint density at radius 1 is 0.275 bits per heavy atom. The third-order valence-electron chi connectivity index (χ3n) is 19.7. The van der Waals surface area contributed by atoms with Gasteiger partial charge in [0.25, 0.3) is 0 Å². The fourth-order valence-corrected chi connectivity index (χ4v) is 14.3. The lowest BCUT2D eigenvalue weighted by Gasteiger charge is -2.21. The number of phosphoric acid groups is 2. The molecule has 19 heteroatoms. The Morgan fingerprint density at radius 2 is 0.471 bits per heavy atom. The predicted octanol–water partition coefficient (Wildman–Crippen LogP) is 24.8. The molecule has 0 spiro atoms. The van der Waals surface area contributed by atoms with Gasteiger partial charge in [-0.1, -0.05) is 376 Å². The lowest BCUT2D eigenvalue weighted by atomic mass is 10.00. The number of carbonyl (C=O) groups is 4. The topological polar surface area (TPSA) is 237 Å². The van der Waals surface area contributed by atoms with Crippen molar-refractivity contribution in [1.29, 1.82) is 0 Å². The van der Waals surface area contributed by atoms with E-state index in [0.29, 0.717) is 25.7 Å². The van der Waals surface area contributed by atoms with Crippen molar-refractivity contribution in [1.82, 2.24) is 0 Å². The monoisotopic (exact) mass is 1490 g/mol. The van der Waals surface area contributed by atoms with Gasteiger partial charge in [-0.05, 0) is 49.4 Å². The van der Waals surface area contributed by atoms with Crippen LogP contribution in [0.5, 0.6) is 0 Å². The summed E-state index contributed by atoms with van der Waals surface area (Å²) in [6.45, 7) is 14.3. The molecule has 6 atom stereocenters. The first-order chi connectivity index (χ1) is 49.1. The Bertz CT molecular complexity index is 1990. The first-order valence-electron chi connectivity index (χ1n) is 42.7. The zero-order valence-corrected chi connectivity index (χ0v) is 69.0. The number of hydrogen-bond acceptors (Lipinski definition) is 15. The Morgan fingerprint density at radius 3 is 0.696 bits per heavy atom. The quantitative estimate of drug-likeness (QED) is 0.0222. The fraction of sp³-hybridized carbons (Fsp3) is 0.952. The van der Waals surface area contributed by atoms with E-state index in [1.54, 1.807) is 0 Å². The van der Waals surface area contributed by atoms with Gasteiger partial charge in [0, 0.05) is 25.7 Å². The molecule has 0 aromatic rings. The van der Waals surface area contributed by atoms with Crippen LogP contribution in [0.2, 0.25) is 0 Å². The third kappa shape index (κ3) is 74.9. The highest BCUT2D eigenvalue weighted by molar-refractivity contribution is 7.47. The van der Waals surface area contributed by atoms with Crippen LogP contribution in [0.1, 0.15) is 428 Å². The van der Waals surface area contributed by atoms with Crippen LogP contribution in [0.4, 0.5) is 0 Å². The molecule has 0 aliphatic rings. The minimum atomic E-state index is -4.96. The van der Waals surface area contributed by atoms with Crippen molar-refractivity contribution in [3.63, 3.8) is 0 Å². The van der Waals surface area contributed by atoms with Crippen molar-refractivity contribution in [2.24, 2.45) is 23.7 Å². The zero-order chi connectivity index (χ0) is 75.3. The van der Waals surface area contributed by atoms with Gasteiger partial charge in [-0.15, -0.1) is 0 Å². The van der Waals surface area contributed by atoms with Crippen LogP contribution < -0.4 is 0 Å². The molecule has 0 rings (SSSR count). The first kappa shape index (κ1) is 100. The smallest absolute Gasteiger partial charge is 0.462 e. The Kier molecular flexibility index (Phi) is 70.6. The Hall–Kier alpha value is -1.94. The molecule has 0 bridgehead atoms. The van der Waals surface area contributed by atoms with Crippen LogP contribution in [0, 0.1) is 23.7 Å². The molecular weight excluding hydrogens is 1330 g/mol. The molecule has 0 radical (unpaired) electrons. The Balaban J connectivity index is 5.24. The van der Waals surface area contributed by atoms with E-state index in [1.165, 1.54) is 225 Å². The van der Waals surface area contributed by atoms with Crippen LogP contribution in [0.25, 0.3) is 0 Å². The number of aliphatic hydroxyl groups is 1. The van der Waals surface area contributed by atoms with E-state index < -0.39 is 97.5 Å². The van der Waals surface area contributed by atoms with Gasteiger partial charge in [0.15, 0.2) is 12.2 Å². The fourth-order valence-electron chi connectivity index (χ4n) is 12.8. The second-order valence-corrected chi connectivity index (χ2v) is 34.4. The summed E-state index contributed by atoms with van der Waals surface area (Å²) in [5.74, 6) is 1.01. The number of aliphatic hydroxyl groups excluding tert-OH is 1. The molecular formula is C83H162O17P2. The molecule has 3 N–H and O–H groups in total. The predicted molar refractivity (Wildman–Crippen MR) is 418 cm³/mol. The largest absolute Gasteiger partial charge is 0.472 e. The van der Waals surface area contributed by atoms with Crippen LogP contribution >= 0.6 is 15.6 Å². The first-order valence-corrected chi connectivity index (χ1v) is 45.7. The van der Waals surface area contributed by atoms with Gasteiger partial charge in [-0.25, -0.2) is 9.13 Å². The van der Waals surface area contributed by atoms with Crippen LogP contribution in [0.3, 0.4) is 0 Å². The van der Waals surface area contributed by atoms with E-state index in [4.69, 9.17) is 37.0 Å². The molecule has 0 saturated heterocycles. The molecule has 0 amide bonds. The minimum absolute atomic E-state index is 0.106. The van der Waals surface area contributed by atoms with Gasteiger partial charge in [-0.3, -0.25) is 37.3 Å². The van der Waals surface area contributed by atoms with Crippen molar-refractivity contribution in [2.45, 2.75) is 446 Å². The van der Waals surface area contributed by atoms with Gasteiger partial charge in [0.05, 0.1) is 26.4 Å². The summed E-state index contributed by atoms with van der Waals surface area (Å²) in [5, 5.41) is 10.7. The molecule has 0 aliphatic heterocycles. The molecule has 0 aromatic heterocycles. The highest BCUT2D eigenvalue weighted by atomic mass is 31.2. The number of hydrogen-bond donors (Lipinski definition) is 3. The summed E-state index contributed by atoms with van der Waals surface area (Å²) in [6.07, 6.45) is 59.7. The highest BCUT2D eigenvalue weighted by Crippen LogP contribution is 2.45. The average Bonchev–Trinajstić information content (AvgIpc) is 0.953. The van der Waals surface area contributed by atoms with Gasteiger partial charge in [0.1, 0.15) is 19.3 Å². The summed E-state index contributed by atoms with van der Waals surface area (Å²) in [6, 6.07) is 0. The van der Waals surface area contributed by atoms with E-state index in [9.17, 15) is 43.2 Å². The van der Waals surface area contributed by atoms with Crippen molar-refractivity contribution in [3.8, 4) is 0 Å². The maximum absolute atomic E-state index is 13.1. The second-order valence-electron chi connectivity index (χ2n) is 31.5. The lowest BCUT2D eigenvalue weighted by molar-refractivity contribution is -0.161. The van der Waals surface area contributed by atoms with Gasteiger partial charge in [0.2, 0.25) is 0 Å². The number of carbonyl (C=O) groups excluding carboxylic acids is 4. The van der Waals surface area contributed by atoms with Gasteiger partial charge >= 0.3 is 39.5 Å². The number of unbranched alkanes of at least 4 members (excludes halogenated alkanes) is 45. The molecule has 0 heterocycles. The molecule has 102 heavy (non-hydrogen) atoms. The van der Waals surface area contributed by atoms with Crippen LogP contribution in [-0.2, 0) is 65.4 Å². The van der Waals surface area contributed by atoms with E-state index in [0.717, 1.165) is 120 Å². The normalized spacial score (nSPS) is 14.3. The lowest BCUT2D eigenvalue weighted by Crippen LogP contribution is -2.30. The number of ether oxygens (including phenoxy) is 4. The summed E-state index contributed by atoms with van der Waals surface area (Å²) >= 11 is 0. The van der Waals surface area contributed by atoms with E-state index in [1.807, 2.05) is 0 Å². The van der Waals surface area contributed by atoms with Crippen LogP contribution in [-0.4, -0.2) is 96.7 Å². The molecule has 0 fully saturated rings. The molecule has 0 aliphatic carbocycles. The molecule has 606 valence electrons. The second kappa shape index (κ2) is 72.0. The van der Waals surface area contributed by atoms with E-state index in [2.05, 4.69) is 55.4 Å². The average molecular weight is 1490 g/mol. The minimum Gasteiger partial charge on any atom is -0.462 e.